The van der Waals surface area contributed by atoms with E-state index < -0.39 is 0 Å². The quantitative estimate of drug-likeness (QED) is 0.751. The molecule has 1 aromatic rings. The summed E-state index contributed by atoms with van der Waals surface area (Å²) in [5.41, 5.74) is 0.483. The van der Waals surface area contributed by atoms with E-state index in [0.717, 1.165) is 16.6 Å². The first-order chi connectivity index (χ1) is 9.02. The van der Waals surface area contributed by atoms with E-state index >= 15 is 0 Å². The highest BCUT2D eigenvalue weighted by molar-refractivity contribution is 7.15. The number of carbonyl (C=O) groups is 1. The number of rotatable bonds is 6. The fourth-order valence-electron chi connectivity index (χ4n) is 2.06. The molecule has 0 aliphatic heterocycles. The third-order valence-corrected chi connectivity index (χ3v) is 4.06. The molecule has 1 aliphatic rings. The van der Waals surface area contributed by atoms with Gasteiger partial charge in [-0.05, 0) is 32.6 Å². The van der Waals surface area contributed by atoms with E-state index in [0.29, 0.717) is 24.3 Å². The SMILES string of the molecule is CCOC(=O)c1nc(N(CC(C)C)C2CC2)sc1C. The molecule has 0 unspecified atom stereocenters. The van der Waals surface area contributed by atoms with Crippen LogP contribution in [0, 0.1) is 12.8 Å². The van der Waals surface area contributed by atoms with Crippen LogP contribution in [0.2, 0.25) is 0 Å². The summed E-state index contributed by atoms with van der Waals surface area (Å²) in [5, 5.41) is 0.969. The van der Waals surface area contributed by atoms with Gasteiger partial charge in [-0.2, -0.15) is 0 Å². The van der Waals surface area contributed by atoms with Crippen LogP contribution < -0.4 is 4.90 Å². The summed E-state index contributed by atoms with van der Waals surface area (Å²) in [7, 11) is 0. The Morgan fingerprint density at radius 2 is 2.21 bits per heavy atom. The molecule has 1 heterocycles. The summed E-state index contributed by atoms with van der Waals surface area (Å²) in [6.07, 6.45) is 2.47. The molecule has 0 radical (unpaired) electrons. The third kappa shape index (κ3) is 3.47. The van der Waals surface area contributed by atoms with E-state index in [9.17, 15) is 4.79 Å². The molecule has 4 nitrogen and oxygen atoms in total. The maximum Gasteiger partial charge on any atom is 0.358 e. The van der Waals surface area contributed by atoms with Crippen LogP contribution in [0.15, 0.2) is 0 Å². The minimum atomic E-state index is -0.303. The smallest absolute Gasteiger partial charge is 0.358 e. The number of esters is 1. The fraction of sp³-hybridized carbons (Fsp3) is 0.714. The number of thiazole rings is 1. The van der Waals surface area contributed by atoms with Gasteiger partial charge in [0.25, 0.3) is 0 Å². The molecule has 0 spiro atoms. The molecule has 5 heteroatoms. The van der Waals surface area contributed by atoms with Crippen LogP contribution in [-0.2, 0) is 4.74 Å². The topological polar surface area (TPSA) is 42.4 Å². The highest BCUT2D eigenvalue weighted by atomic mass is 32.1. The number of hydrogen-bond acceptors (Lipinski definition) is 5. The van der Waals surface area contributed by atoms with Crippen LogP contribution in [0.3, 0.4) is 0 Å². The zero-order chi connectivity index (χ0) is 14.0. The van der Waals surface area contributed by atoms with Crippen LogP contribution in [0.1, 0.15) is 49.0 Å². The van der Waals surface area contributed by atoms with Gasteiger partial charge >= 0.3 is 5.97 Å². The summed E-state index contributed by atoms with van der Waals surface area (Å²) in [5.74, 6) is 0.290. The molecule has 19 heavy (non-hydrogen) atoms. The number of anilines is 1. The van der Waals surface area contributed by atoms with Crippen molar-refractivity contribution in [3.8, 4) is 0 Å². The highest BCUT2D eigenvalue weighted by Crippen LogP contribution is 2.35. The van der Waals surface area contributed by atoms with Crippen molar-refractivity contribution in [2.24, 2.45) is 5.92 Å². The number of aromatic nitrogens is 1. The van der Waals surface area contributed by atoms with Gasteiger partial charge in [-0.25, -0.2) is 9.78 Å². The van der Waals surface area contributed by atoms with Gasteiger partial charge in [-0.1, -0.05) is 13.8 Å². The number of ether oxygens (including phenoxy) is 1. The molecule has 0 saturated heterocycles. The lowest BCUT2D eigenvalue weighted by atomic mass is 10.2. The molecule has 0 bridgehead atoms. The van der Waals surface area contributed by atoms with Gasteiger partial charge in [0.2, 0.25) is 0 Å². The van der Waals surface area contributed by atoms with Crippen molar-refractivity contribution in [3.05, 3.63) is 10.6 Å². The Labute approximate surface area is 118 Å². The van der Waals surface area contributed by atoms with Gasteiger partial charge in [-0.3, -0.25) is 0 Å². The lowest BCUT2D eigenvalue weighted by Crippen LogP contribution is -2.29. The summed E-state index contributed by atoms with van der Waals surface area (Å²) >= 11 is 1.60. The average Bonchev–Trinajstić information content (AvgIpc) is 3.09. The molecule has 1 aromatic heterocycles. The number of nitrogens with zero attached hydrogens (tertiary/aromatic N) is 2. The van der Waals surface area contributed by atoms with Crippen LogP contribution in [0.4, 0.5) is 5.13 Å². The Balaban J connectivity index is 2.19. The third-order valence-electron chi connectivity index (χ3n) is 3.05. The number of carbonyl (C=O) groups excluding carboxylic acids is 1. The average molecular weight is 282 g/mol. The first kappa shape index (κ1) is 14.3. The van der Waals surface area contributed by atoms with Gasteiger partial charge in [0.15, 0.2) is 10.8 Å². The predicted molar refractivity (Wildman–Crippen MR) is 78.0 cm³/mol. The summed E-state index contributed by atoms with van der Waals surface area (Å²) in [6.45, 7) is 9.57. The lowest BCUT2D eigenvalue weighted by molar-refractivity contribution is 0.0519. The fourth-order valence-corrected chi connectivity index (χ4v) is 3.03. The second-order valence-corrected chi connectivity index (χ2v) is 6.58. The van der Waals surface area contributed by atoms with E-state index in [2.05, 4.69) is 23.7 Å². The molecule has 2 rings (SSSR count). The Morgan fingerprint density at radius 3 is 2.74 bits per heavy atom. The summed E-state index contributed by atoms with van der Waals surface area (Å²) in [4.78, 5) is 19.6. The maximum absolute atomic E-state index is 11.8. The van der Waals surface area contributed by atoms with Crippen LogP contribution in [0.25, 0.3) is 0 Å². The normalized spacial score (nSPS) is 14.8. The lowest BCUT2D eigenvalue weighted by Gasteiger charge is -2.23. The van der Waals surface area contributed by atoms with Gasteiger partial charge < -0.3 is 9.64 Å². The first-order valence-electron chi connectivity index (χ1n) is 6.94. The Morgan fingerprint density at radius 1 is 1.53 bits per heavy atom. The maximum atomic E-state index is 11.8. The molecule has 0 atom stereocenters. The highest BCUT2D eigenvalue weighted by Gasteiger charge is 2.32. The summed E-state index contributed by atoms with van der Waals surface area (Å²) < 4.78 is 5.05. The standard InChI is InChI=1S/C14H22N2O2S/c1-5-18-13(17)12-10(4)19-14(15-12)16(8-9(2)3)11-6-7-11/h9,11H,5-8H2,1-4H3. The zero-order valence-electron chi connectivity index (χ0n) is 12.1. The van der Waals surface area contributed by atoms with E-state index in [4.69, 9.17) is 4.74 Å². The van der Waals surface area contributed by atoms with Crippen molar-refractivity contribution in [2.75, 3.05) is 18.1 Å². The van der Waals surface area contributed by atoms with E-state index in [-0.39, 0.29) is 5.97 Å². The van der Waals surface area contributed by atoms with Crippen molar-refractivity contribution in [3.63, 3.8) is 0 Å². The molecular formula is C14H22N2O2S. The minimum Gasteiger partial charge on any atom is -0.461 e. The zero-order valence-corrected chi connectivity index (χ0v) is 12.9. The van der Waals surface area contributed by atoms with E-state index in [1.54, 1.807) is 11.3 Å². The summed E-state index contributed by atoms with van der Waals surface area (Å²) in [6, 6.07) is 0.614. The van der Waals surface area contributed by atoms with Crippen molar-refractivity contribution in [2.45, 2.75) is 46.6 Å². The van der Waals surface area contributed by atoms with Crippen LogP contribution >= 0.6 is 11.3 Å². The van der Waals surface area contributed by atoms with Gasteiger partial charge in [0, 0.05) is 17.5 Å². The Kier molecular flexibility index (Phi) is 4.45. The molecule has 1 aliphatic carbocycles. The van der Waals surface area contributed by atoms with Gasteiger partial charge in [0.05, 0.1) is 6.61 Å². The second kappa shape index (κ2) is 5.90. The molecule has 106 valence electrons. The monoisotopic (exact) mass is 282 g/mol. The molecule has 0 aromatic carbocycles. The molecular weight excluding hydrogens is 260 g/mol. The second-order valence-electron chi connectivity index (χ2n) is 5.40. The molecule has 0 amide bonds. The Hall–Kier alpha value is -1.10. The van der Waals surface area contributed by atoms with Crippen molar-refractivity contribution in [1.29, 1.82) is 0 Å². The largest absolute Gasteiger partial charge is 0.461 e. The number of hydrogen-bond donors (Lipinski definition) is 0. The number of aryl methyl sites for hydroxylation is 1. The Bertz CT molecular complexity index is 452. The molecule has 1 saturated carbocycles. The van der Waals surface area contributed by atoms with Gasteiger partial charge in [0.1, 0.15) is 0 Å². The first-order valence-corrected chi connectivity index (χ1v) is 7.75. The van der Waals surface area contributed by atoms with Crippen molar-refractivity contribution >= 4 is 22.4 Å². The molecule has 0 N–H and O–H groups in total. The van der Waals surface area contributed by atoms with Crippen molar-refractivity contribution < 1.29 is 9.53 Å². The predicted octanol–water partition coefficient (Wildman–Crippen LogP) is 3.25. The van der Waals surface area contributed by atoms with Gasteiger partial charge in [-0.15, -0.1) is 11.3 Å². The minimum absolute atomic E-state index is 0.303. The van der Waals surface area contributed by atoms with Crippen LogP contribution in [0.5, 0.6) is 0 Å². The van der Waals surface area contributed by atoms with Crippen LogP contribution in [-0.4, -0.2) is 30.1 Å². The van der Waals surface area contributed by atoms with E-state index in [1.807, 2.05) is 13.8 Å². The molecule has 1 fully saturated rings. The van der Waals surface area contributed by atoms with E-state index in [1.165, 1.54) is 12.8 Å². The van der Waals surface area contributed by atoms with Crippen molar-refractivity contribution in [1.82, 2.24) is 4.98 Å².